The van der Waals surface area contributed by atoms with Crippen LogP contribution >= 0.6 is 0 Å². The fourth-order valence-electron chi connectivity index (χ4n) is 2.02. The van der Waals surface area contributed by atoms with E-state index in [0.717, 1.165) is 16.8 Å². The average molecular weight is 246 g/mol. The molecule has 0 spiro atoms. The molecule has 0 atom stereocenters. The SMILES string of the molecule is CC(C)c1nn(C)cc1-c1ccc(F)cc1C=O. The number of benzene rings is 1. The smallest absolute Gasteiger partial charge is 0.150 e. The van der Waals surface area contributed by atoms with Gasteiger partial charge < -0.3 is 0 Å². The van der Waals surface area contributed by atoms with Crippen LogP contribution in [0.15, 0.2) is 24.4 Å². The summed E-state index contributed by atoms with van der Waals surface area (Å²) in [6.07, 6.45) is 2.53. The van der Waals surface area contributed by atoms with Crippen molar-refractivity contribution in [1.82, 2.24) is 9.78 Å². The molecule has 1 aromatic heterocycles. The first-order chi connectivity index (χ1) is 8.52. The van der Waals surface area contributed by atoms with E-state index in [1.54, 1.807) is 10.7 Å². The van der Waals surface area contributed by atoms with Gasteiger partial charge in [-0.05, 0) is 23.6 Å². The fourth-order valence-corrected chi connectivity index (χ4v) is 2.02. The maximum atomic E-state index is 13.1. The standard InChI is InChI=1S/C14H15FN2O/c1-9(2)14-13(7-17(3)16-14)12-5-4-11(15)6-10(12)8-18/h4-9H,1-3H3. The molecule has 2 aromatic rings. The van der Waals surface area contributed by atoms with E-state index >= 15 is 0 Å². The molecule has 0 saturated heterocycles. The molecular formula is C14H15FN2O. The van der Waals surface area contributed by atoms with E-state index in [-0.39, 0.29) is 5.92 Å². The lowest BCUT2D eigenvalue weighted by molar-refractivity contribution is 0.112. The van der Waals surface area contributed by atoms with Gasteiger partial charge >= 0.3 is 0 Å². The van der Waals surface area contributed by atoms with Gasteiger partial charge in [-0.2, -0.15) is 5.10 Å². The molecule has 0 unspecified atom stereocenters. The predicted octanol–water partition coefficient (Wildman–Crippen LogP) is 3.16. The Hall–Kier alpha value is -1.97. The number of aldehydes is 1. The summed E-state index contributed by atoms with van der Waals surface area (Å²) in [7, 11) is 1.83. The molecule has 0 aliphatic rings. The second kappa shape index (κ2) is 4.72. The summed E-state index contributed by atoms with van der Waals surface area (Å²) in [4.78, 5) is 11.0. The van der Waals surface area contributed by atoms with E-state index in [1.807, 2.05) is 27.1 Å². The van der Waals surface area contributed by atoms with E-state index in [2.05, 4.69) is 5.10 Å². The maximum absolute atomic E-state index is 13.1. The van der Waals surface area contributed by atoms with Gasteiger partial charge in [-0.15, -0.1) is 0 Å². The number of aromatic nitrogens is 2. The highest BCUT2D eigenvalue weighted by atomic mass is 19.1. The number of halogens is 1. The minimum atomic E-state index is -0.407. The molecule has 0 aliphatic heterocycles. The van der Waals surface area contributed by atoms with Crippen LogP contribution in [0.2, 0.25) is 0 Å². The largest absolute Gasteiger partial charge is 0.298 e. The van der Waals surface area contributed by atoms with Gasteiger partial charge in [0.05, 0.1) is 5.69 Å². The summed E-state index contributed by atoms with van der Waals surface area (Å²) in [5, 5.41) is 4.39. The number of nitrogens with zero attached hydrogens (tertiary/aromatic N) is 2. The van der Waals surface area contributed by atoms with Crippen LogP contribution < -0.4 is 0 Å². The molecule has 0 bridgehead atoms. The molecule has 0 amide bonds. The number of carbonyl (C=O) groups excluding carboxylic acids is 1. The molecule has 18 heavy (non-hydrogen) atoms. The molecule has 4 heteroatoms. The van der Waals surface area contributed by atoms with Crippen LogP contribution in [-0.2, 0) is 7.05 Å². The van der Waals surface area contributed by atoms with Gasteiger partial charge in [0.2, 0.25) is 0 Å². The first-order valence-corrected chi connectivity index (χ1v) is 5.81. The molecule has 94 valence electrons. The highest BCUT2D eigenvalue weighted by molar-refractivity contribution is 5.88. The number of carbonyl (C=O) groups is 1. The Morgan fingerprint density at radius 2 is 2.06 bits per heavy atom. The molecule has 0 N–H and O–H groups in total. The molecule has 1 aromatic carbocycles. The van der Waals surface area contributed by atoms with E-state index in [4.69, 9.17) is 0 Å². The van der Waals surface area contributed by atoms with Gasteiger partial charge in [0.15, 0.2) is 6.29 Å². The molecule has 0 aliphatic carbocycles. The van der Waals surface area contributed by atoms with Crippen LogP contribution in [0.5, 0.6) is 0 Å². The van der Waals surface area contributed by atoms with Crippen LogP contribution in [0.1, 0.15) is 35.8 Å². The van der Waals surface area contributed by atoms with Crippen LogP contribution in [0.3, 0.4) is 0 Å². The third-order valence-corrected chi connectivity index (χ3v) is 2.83. The second-order valence-electron chi connectivity index (χ2n) is 4.61. The molecule has 1 heterocycles. The van der Waals surface area contributed by atoms with E-state index in [9.17, 15) is 9.18 Å². The summed E-state index contributed by atoms with van der Waals surface area (Å²) in [6.45, 7) is 4.08. The van der Waals surface area contributed by atoms with Crippen molar-refractivity contribution in [3.05, 3.63) is 41.5 Å². The van der Waals surface area contributed by atoms with Gasteiger partial charge in [0, 0.05) is 24.4 Å². The molecule has 2 rings (SSSR count). The number of rotatable bonds is 3. The Balaban J connectivity index is 2.65. The van der Waals surface area contributed by atoms with Gasteiger partial charge in [-0.25, -0.2) is 4.39 Å². The summed E-state index contributed by atoms with van der Waals surface area (Å²) in [5.74, 6) is -0.165. The second-order valence-corrected chi connectivity index (χ2v) is 4.61. The topological polar surface area (TPSA) is 34.9 Å². The van der Waals surface area contributed by atoms with Crippen molar-refractivity contribution in [3.63, 3.8) is 0 Å². The van der Waals surface area contributed by atoms with Crippen LogP contribution in [-0.4, -0.2) is 16.1 Å². The lowest BCUT2D eigenvalue weighted by atomic mass is 9.96. The first-order valence-electron chi connectivity index (χ1n) is 5.81. The third kappa shape index (κ3) is 2.18. The number of hydrogen-bond acceptors (Lipinski definition) is 2. The Morgan fingerprint density at radius 3 is 2.67 bits per heavy atom. The van der Waals surface area contributed by atoms with Crippen molar-refractivity contribution in [3.8, 4) is 11.1 Å². The summed E-state index contributed by atoms with van der Waals surface area (Å²) in [5.41, 5.74) is 2.87. The molecule has 0 fully saturated rings. The first kappa shape index (κ1) is 12.5. The number of hydrogen-bond donors (Lipinski definition) is 0. The van der Waals surface area contributed by atoms with Crippen molar-refractivity contribution >= 4 is 6.29 Å². The highest BCUT2D eigenvalue weighted by Crippen LogP contribution is 2.30. The minimum Gasteiger partial charge on any atom is -0.298 e. The monoisotopic (exact) mass is 246 g/mol. The Labute approximate surface area is 105 Å². The van der Waals surface area contributed by atoms with Crippen molar-refractivity contribution < 1.29 is 9.18 Å². The maximum Gasteiger partial charge on any atom is 0.150 e. The normalized spacial score (nSPS) is 10.9. The summed E-state index contributed by atoms with van der Waals surface area (Å²) in [6, 6.07) is 4.24. The van der Waals surface area contributed by atoms with Gasteiger partial charge in [-0.3, -0.25) is 9.48 Å². The van der Waals surface area contributed by atoms with Crippen molar-refractivity contribution in [2.75, 3.05) is 0 Å². The number of aryl methyl sites for hydroxylation is 1. The van der Waals surface area contributed by atoms with Crippen molar-refractivity contribution in [2.24, 2.45) is 7.05 Å². The van der Waals surface area contributed by atoms with Crippen molar-refractivity contribution in [1.29, 1.82) is 0 Å². The fraction of sp³-hybridized carbons (Fsp3) is 0.286. The minimum absolute atomic E-state index is 0.241. The van der Waals surface area contributed by atoms with E-state index in [1.165, 1.54) is 12.1 Å². The molecule has 3 nitrogen and oxygen atoms in total. The molecule has 0 radical (unpaired) electrons. The molecular weight excluding hydrogens is 231 g/mol. The lowest BCUT2D eigenvalue weighted by Crippen LogP contribution is -1.95. The quantitative estimate of drug-likeness (QED) is 0.780. The van der Waals surface area contributed by atoms with Crippen LogP contribution in [0.4, 0.5) is 4.39 Å². The Morgan fingerprint density at radius 1 is 1.33 bits per heavy atom. The van der Waals surface area contributed by atoms with Gasteiger partial charge in [0.1, 0.15) is 5.82 Å². The Kier molecular flexibility index (Phi) is 3.28. The summed E-state index contributed by atoms with van der Waals surface area (Å²) >= 11 is 0. The van der Waals surface area contributed by atoms with Crippen molar-refractivity contribution in [2.45, 2.75) is 19.8 Å². The predicted molar refractivity (Wildman–Crippen MR) is 68.1 cm³/mol. The zero-order valence-electron chi connectivity index (χ0n) is 10.6. The summed E-state index contributed by atoms with van der Waals surface area (Å²) < 4.78 is 14.8. The average Bonchev–Trinajstić information content (AvgIpc) is 2.71. The van der Waals surface area contributed by atoms with Gasteiger partial charge in [-0.1, -0.05) is 19.9 Å². The van der Waals surface area contributed by atoms with E-state index < -0.39 is 5.82 Å². The van der Waals surface area contributed by atoms with Gasteiger partial charge in [0.25, 0.3) is 0 Å². The zero-order chi connectivity index (χ0) is 13.3. The zero-order valence-corrected chi connectivity index (χ0v) is 10.6. The lowest BCUT2D eigenvalue weighted by Gasteiger charge is -2.07. The van der Waals surface area contributed by atoms with E-state index in [0.29, 0.717) is 11.8 Å². The van der Waals surface area contributed by atoms with Crippen LogP contribution in [0, 0.1) is 5.82 Å². The Bertz CT molecular complexity index is 587. The highest BCUT2D eigenvalue weighted by Gasteiger charge is 2.16. The van der Waals surface area contributed by atoms with Crippen LogP contribution in [0.25, 0.3) is 11.1 Å². The third-order valence-electron chi connectivity index (χ3n) is 2.83. The molecule has 0 saturated carbocycles.